The van der Waals surface area contributed by atoms with Gasteiger partial charge in [0, 0.05) is 6.61 Å². The Labute approximate surface area is 99.0 Å². The molecule has 0 spiro atoms. The second-order valence-corrected chi connectivity index (χ2v) is 5.13. The van der Waals surface area contributed by atoms with Gasteiger partial charge in [-0.25, -0.2) is 0 Å². The van der Waals surface area contributed by atoms with Crippen molar-refractivity contribution in [2.75, 3.05) is 13.2 Å². The zero-order valence-corrected chi connectivity index (χ0v) is 10.7. The molecular formula is C14H24O2. The SMILES string of the molecule is CC=C1C[C@H]2CC(COC(C)OCC)[C@@H]1C2. The molecule has 0 aliphatic heterocycles. The maximum absolute atomic E-state index is 5.76. The van der Waals surface area contributed by atoms with Crippen molar-refractivity contribution in [2.24, 2.45) is 17.8 Å². The Bertz CT molecular complexity index is 259. The van der Waals surface area contributed by atoms with Crippen LogP contribution in [0.15, 0.2) is 11.6 Å². The van der Waals surface area contributed by atoms with Gasteiger partial charge in [-0.3, -0.25) is 0 Å². The van der Waals surface area contributed by atoms with E-state index >= 15 is 0 Å². The smallest absolute Gasteiger partial charge is 0.154 e. The summed E-state index contributed by atoms with van der Waals surface area (Å²) in [4.78, 5) is 0. The standard InChI is InChI=1S/C14H24O2/c1-4-12-6-11-7-13(14(12)8-11)9-16-10(3)15-5-2/h4,10-11,13-14H,5-9H2,1-3H3/t10?,11-,13?,14+/m0/s1. The molecule has 2 bridgehead atoms. The van der Waals surface area contributed by atoms with Crippen LogP contribution < -0.4 is 0 Å². The summed E-state index contributed by atoms with van der Waals surface area (Å²) in [6, 6.07) is 0. The Morgan fingerprint density at radius 2 is 2.19 bits per heavy atom. The summed E-state index contributed by atoms with van der Waals surface area (Å²) in [6.07, 6.45) is 6.39. The fourth-order valence-electron chi connectivity index (χ4n) is 3.40. The molecule has 0 heterocycles. The average molecular weight is 224 g/mol. The summed E-state index contributed by atoms with van der Waals surface area (Å²) >= 11 is 0. The van der Waals surface area contributed by atoms with Crippen molar-refractivity contribution in [1.82, 2.24) is 0 Å². The molecule has 2 saturated carbocycles. The van der Waals surface area contributed by atoms with Crippen molar-refractivity contribution >= 4 is 0 Å². The van der Waals surface area contributed by atoms with E-state index < -0.39 is 0 Å². The lowest BCUT2D eigenvalue weighted by Crippen LogP contribution is -2.23. The number of fused-ring (bicyclic) bond motifs is 2. The van der Waals surface area contributed by atoms with Gasteiger partial charge in [0.2, 0.25) is 0 Å². The van der Waals surface area contributed by atoms with E-state index in [9.17, 15) is 0 Å². The highest BCUT2D eigenvalue weighted by atomic mass is 16.7. The van der Waals surface area contributed by atoms with Gasteiger partial charge in [-0.1, -0.05) is 11.6 Å². The monoisotopic (exact) mass is 224 g/mol. The van der Waals surface area contributed by atoms with E-state index in [1.165, 1.54) is 19.3 Å². The van der Waals surface area contributed by atoms with Crippen molar-refractivity contribution in [3.05, 3.63) is 11.6 Å². The van der Waals surface area contributed by atoms with Gasteiger partial charge in [-0.15, -0.1) is 0 Å². The Morgan fingerprint density at radius 3 is 2.81 bits per heavy atom. The molecule has 2 rings (SSSR count). The molecule has 2 aliphatic carbocycles. The molecule has 0 aromatic rings. The molecular weight excluding hydrogens is 200 g/mol. The molecule has 92 valence electrons. The molecule has 0 saturated heterocycles. The third-order valence-corrected chi connectivity index (χ3v) is 4.11. The Hall–Kier alpha value is -0.340. The molecule has 16 heavy (non-hydrogen) atoms. The van der Waals surface area contributed by atoms with Crippen LogP contribution in [0, 0.1) is 17.8 Å². The highest BCUT2D eigenvalue weighted by molar-refractivity contribution is 5.18. The van der Waals surface area contributed by atoms with Gasteiger partial charge in [-0.2, -0.15) is 0 Å². The van der Waals surface area contributed by atoms with Gasteiger partial charge in [0.25, 0.3) is 0 Å². The Kier molecular flexibility index (Phi) is 4.04. The van der Waals surface area contributed by atoms with Crippen LogP contribution in [-0.4, -0.2) is 19.5 Å². The quantitative estimate of drug-likeness (QED) is 0.526. The van der Waals surface area contributed by atoms with Gasteiger partial charge < -0.3 is 9.47 Å². The van der Waals surface area contributed by atoms with Crippen LogP contribution in [0.3, 0.4) is 0 Å². The van der Waals surface area contributed by atoms with Crippen molar-refractivity contribution in [1.29, 1.82) is 0 Å². The van der Waals surface area contributed by atoms with Crippen LogP contribution >= 0.6 is 0 Å². The molecule has 0 radical (unpaired) electrons. The summed E-state index contributed by atoms with van der Waals surface area (Å²) in [7, 11) is 0. The molecule has 2 aliphatic rings. The molecule has 0 amide bonds. The van der Waals surface area contributed by atoms with Gasteiger partial charge in [0.1, 0.15) is 0 Å². The Balaban J connectivity index is 1.79. The first-order valence-electron chi connectivity index (χ1n) is 6.62. The van der Waals surface area contributed by atoms with Crippen molar-refractivity contribution < 1.29 is 9.47 Å². The van der Waals surface area contributed by atoms with Crippen molar-refractivity contribution in [3.8, 4) is 0 Å². The normalized spacial score (nSPS) is 37.2. The lowest BCUT2D eigenvalue weighted by Gasteiger charge is -2.25. The molecule has 0 aromatic heterocycles. The highest BCUT2D eigenvalue weighted by Gasteiger charge is 2.42. The first-order valence-corrected chi connectivity index (χ1v) is 6.62. The fraction of sp³-hybridized carbons (Fsp3) is 0.857. The first-order chi connectivity index (χ1) is 7.74. The summed E-state index contributed by atoms with van der Waals surface area (Å²) < 4.78 is 11.2. The van der Waals surface area contributed by atoms with E-state index in [0.29, 0.717) is 0 Å². The summed E-state index contributed by atoms with van der Waals surface area (Å²) in [5.74, 6) is 2.49. The maximum Gasteiger partial charge on any atom is 0.154 e. The third-order valence-electron chi connectivity index (χ3n) is 4.11. The summed E-state index contributed by atoms with van der Waals surface area (Å²) in [5, 5.41) is 0. The van der Waals surface area contributed by atoms with Gasteiger partial charge >= 0.3 is 0 Å². The molecule has 2 fully saturated rings. The minimum Gasteiger partial charge on any atom is -0.353 e. The summed E-state index contributed by atoms with van der Waals surface area (Å²) in [6.45, 7) is 7.79. The zero-order valence-electron chi connectivity index (χ0n) is 10.7. The van der Waals surface area contributed by atoms with E-state index in [1.807, 2.05) is 13.8 Å². The van der Waals surface area contributed by atoms with E-state index in [2.05, 4.69) is 13.0 Å². The number of ether oxygens (including phenoxy) is 2. The van der Waals surface area contributed by atoms with Crippen LogP contribution in [-0.2, 0) is 9.47 Å². The van der Waals surface area contributed by atoms with Crippen LogP contribution in [0.2, 0.25) is 0 Å². The largest absolute Gasteiger partial charge is 0.353 e. The van der Waals surface area contributed by atoms with E-state index in [0.717, 1.165) is 31.0 Å². The molecule has 0 aromatic carbocycles. The first kappa shape index (κ1) is 12.1. The average Bonchev–Trinajstić information content (AvgIpc) is 2.85. The zero-order chi connectivity index (χ0) is 11.5. The molecule has 2 unspecified atom stereocenters. The minimum atomic E-state index is -0.0433. The second-order valence-electron chi connectivity index (χ2n) is 5.13. The van der Waals surface area contributed by atoms with Crippen molar-refractivity contribution in [3.63, 3.8) is 0 Å². The minimum absolute atomic E-state index is 0.0433. The number of hydrogen-bond acceptors (Lipinski definition) is 2. The molecule has 4 atom stereocenters. The van der Waals surface area contributed by atoms with Gasteiger partial charge in [0.05, 0.1) is 6.61 Å². The highest BCUT2D eigenvalue weighted by Crippen LogP contribution is 2.51. The van der Waals surface area contributed by atoms with E-state index in [-0.39, 0.29) is 6.29 Å². The summed E-state index contributed by atoms with van der Waals surface area (Å²) in [5.41, 5.74) is 1.67. The van der Waals surface area contributed by atoms with E-state index in [1.54, 1.807) is 5.57 Å². The number of rotatable bonds is 5. The predicted octanol–water partition coefficient (Wildman–Crippen LogP) is 3.38. The van der Waals surface area contributed by atoms with Crippen LogP contribution in [0.5, 0.6) is 0 Å². The van der Waals surface area contributed by atoms with Gasteiger partial charge in [0.15, 0.2) is 6.29 Å². The lowest BCUT2D eigenvalue weighted by atomic mass is 9.85. The van der Waals surface area contributed by atoms with Gasteiger partial charge in [-0.05, 0) is 57.8 Å². The predicted molar refractivity (Wildman–Crippen MR) is 65.1 cm³/mol. The molecule has 2 heteroatoms. The van der Waals surface area contributed by atoms with Crippen LogP contribution in [0.1, 0.15) is 40.0 Å². The second kappa shape index (κ2) is 5.33. The van der Waals surface area contributed by atoms with Crippen LogP contribution in [0.25, 0.3) is 0 Å². The van der Waals surface area contributed by atoms with E-state index in [4.69, 9.17) is 9.47 Å². The Morgan fingerprint density at radius 1 is 1.38 bits per heavy atom. The third kappa shape index (κ3) is 2.49. The maximum atomic E-state index is 5.76. The lowest BCUT2D eigenvalue weighted by molar-refractivity contribution is -0.137. The fourth-order valence-corrected chi connectivity index (χ4v) is 3.40. The number of hydrogen-bond donors (Lipinski definition) is 0. The topological polar surface area (TPSA) is 18.5 Å². The van der Waals surface area contributed by atoms with Crippen molar-refractivity contribution in [2.45, 2.75) is 46.3 Å². The molecule has 2 nitrogen and oxygen atoms in total. The number of allylic oxidation sites excluding steroid dienone is 2. The molecule has 0 N–H and O–H groups in total. The van der Waals surface area contributed by atoms with Crippen LogP contribution in [0.4, 0.5) is 0 Å².